The largest absolute Gasteiger partial charge is 0.450 e. The standard InChI is InChI=1S/C26H21N3O3/c30-23(17-6-2-1-3-7-17)18-10-11-21-22(16-18)28-25(27-21)29-14-12-26(13-15-29)20-9-5-4-8-19(20)24(31)32-26/h1-11,16H,12-15H2,(H,27,28). The number of fused-ring (bicyclic) bond motifs is 3. The summed E-state index contributed by atoms with van der Waals surface area (Å²) in [7, 11) is 0. The zero-order valence-electron chi connectivity index (χ0n) is 17.4. The van der Waals surface area contributed by atoms with E-state index in [0.29, 0.717) is 29.5 Å². The van der Waals surface area contributed by atoms with Gasteiger partial charge < -0.3 is 14.6 Å². The second kappa shape index (κ2) is 7.05. The molecule has 0 saturated carbocycles. The minimum absolute atomic E-state index is 0.0151. The van der Waals surface area contributed by atoms with Crippen molar-refractivity contribution in [2.75, 3.05) is 18.0 Å². The summed E-state index contributed by atoms with van der Waals surface area (Å²) >= 11 is 0. The van der Waals surface area contributed by atoms with Crippen LogP contribution < -0.4 is 4.90 Å². The van der Waals surface area contributed by atoms with Crippen LogP contribution in [0.4, 0.5) is 5.95 Å². The third-order valence-corrected chi connectivity index (χ3v) is 6.57. The number of anilines is 1. The molecule has 6 nitrogen and oxygen atoms in total. The first-order valence-electron chi connectivity index (χ1n) is 10.8. The van der Waals surface area contributed by atoms with Crippen LogP contribution in [-0.4, -0.2) is 34.8 Å². The Morgan fingerprint density at radius 3 is 2.50 bits per heavy atom. The Labute approximate surface area is 184 Å². The van der Waals surface area contributed by atoms with Crippen molar-refractivity contribution < 1.29 is 14.3 Å². The van der Waals surface area contributed by atoms with Gasteiger partial charge in [0.25, 0.3) is 0 Å². The van der Waals surface area contributed by atoms with Crippen molar-refractivity contribution in [1.82, 2.24) is 9.97 Å². The Balaban J connectivity index is 1.24. The lowest BCUT2D eigenvalue weighted by Crippen LogP contribution is -2.43. The molecule has 3 heterocycles. The third-order valence-electron chi connectivity index (χ3n) is 6.57. The maximum atomic E-state index is 12.8. The molecule has 1 N–H and O–H groups in total. The number of piperidine rings is 1. The molecule has 1 spiro atoms. The van der Waals surface area contributed by atoms with E-state index in [-0.39, 0.29) is 11.8 Å². The minimum Gasteiger partial charge on any atom is -0.450 e. The van der Waals surface area contributed by atoms with Crippen molar-refractivity contribution in [1.29, 1.82) is 0 Å². The number of hydrogen-bond acceptors (Lipinski definition) is 5. The minimum atomic E-state index is -0.536. The number of hydrogen-bond donors (Lipinski definition) is 1. The monoisotopic (exact) mass is 423 g/mol. The van der Waals surface area contributed by atoms with Gasteiger partial charge in [-0.25, -0.2) is 9.78 Å². The zero-order chi connectivity index (χ0) is 21.7. The Bertz CT molecular complexity index is 1350. The number of nitrogens with zero attached hydrogens (tertiary/aromatic N) is 2. The number of ketones is 1. The molecule has 2 aliphatic heterocycles. The molecule has 1 fully saturated rings. The highest BCUT2D eigenvalue weighted by molar-refractivity contribution is 6.10. The molecule has 1 saturated heterocycles. The Morgan fingerprint density at radius 1 is 0.938 bits per heavy atom. The fourth-order valence-corrected chi connectivity index (χ4v) is 4.84. The summed E-state index contributed by atoms with van der Waals surface area (Å²) in [5.74, 6) is 0.531. The summed E-state index contributed by atoms with van der Waals surface area (Å²) in [5, 5.41) is 0. The number of carbonyl (C=O) groups excluding carboxylic acids is 2. The predicted octanol–water partition coefficient (Wildman–Crippen LogP) is 4.46. The Hall–Kier alpha value is -3.93. The lowest BCUT2D eigenvalue weighted by Gasteiger charge is -2.38. The second-order valence-corrected chi connectivity index (χ2v) is 8.40. The van der Waals surface area contributed by atoms with Crippen molar-refractivity contribution in [3.63, 3.8) is 0 Å². The summed E-state index contributed by atoms with van der Waals surface area (Å²) < 4.78 is 5.85. The van der Waals surface area contributed by atoms with Crippen LogP contribution in [-0.2, 0) is 10.3 Å². The molecule has 0 radical (unpaired) electrons. The van der Waals surface area contributed by atoms with Gasteiger partial charge in [0.1, 0.15) is 5.60 Å². The number of aromatic amines is 1. The van der Waals surface area contributed by atoms with Crippen molar-refractivity contribution in [2.45, 2.75) is 18.4 Å². The van der Waals surface area contributed by atoms with Gasteiger partial charge in [0.15, 0.2) is 5.78 Å². The Morgan fingerprint density at radius 2 is 1.69 bits per heavy atom. The quantitative estimate of drug-likeness (QED) is 0.389. The van der Waals surface area contributed by atoms with E-state index >= 15 is 0 Å². The maximum Gasteiger partial charge on any atom is 0.339 e. The molecule has 4 aromatic rings. The maximum absolute atomic E-state index is 12.8. The molecule has 2 aliphatic rings. The van der Waals surface area contributed by atoms with Gasteiger partial charge >= 0.3 is 5.97 Å². The molecular weight excluding hydrogens is 402 g/mol. The molecule has 6 rings (SSSR count). The average molecular weight is 423 g/mol. The predicted molar refractivity (Wildman–Crippen MR) is 121 cm³/mol. The number of nitrogens with one attached hydrogen (secondary N) is 1. The van der Waals surface area contributed by atoms with Crippen molar-refractivity contribution in [3.05, 3.63) is 95.1 Å². The summed E-state index contributed by atoms with van der Waals surface area (Å²) in [4.78, 5) is 35.4. The van der Waals surface area contributed by atoms with Crippen LogP contribution in [0.5, 0.6) is 0 Å². The van der Waals surface area contributed by atoms with E-state index in [9.17, 15) is 9.59 Å². The fraction of sp³-hybridized carbons (Fsp3) is 0.192. The molecule has 32 heavy (non-hydrogen) atoms. The Kier molecular flexibility index (Phi) is 4.15. The number of esters is 1. The van der Waals surface area contributed by atoms with Crippen LogP contribution >= 0.6 is 0 Å². The molecule has 0 aliphatic carbocycles. The van der Waals surface area contributed by atoms with E-state index in [1.54, 1.807) is 0 Å². The van der Waals surface area contributed by atoms with Gasteiger partial charge in [-0.3, -0.25) is 4.79 Å². The average Bonchev–Trinajstić information content (AvgIpc) is 3.39. The van der Waals surface area contributed by atoms with Crippen molar-refractivity contribution in [3.8, 4) is 0 Å². The molecule has 1 aromatic heterocycles. The zero-order valence-corrected chi connectivity index (χ0v) is 17.4. The molecule has 0 bridgehead atoms. The molecule has 0 atom stereocenters. The van der Waals surface area contributed by atoms with Gasteiger partial charge in [-0.15, -0.1) is 0 Å². The first-order chi connectivity index (χ1) is 15.6. The van der Waals surface area contributed by atoms with Crippen molar-refractivity contribution in [2.24, 2.45) is 0 Å². The first-order valence-corrected chi connectivity index (χ1v) is 10.8. The number of carbonyl (C=O) groups is 2. The molecule has 3 aromatic carbocycles. The molecular formula is C26H21N3O3. The summed E-state index contributed by atoms with van der Waals surface area (Å²) in [6.45, 7) is 1.44. The summed E-state index contributed by atoms with van der Waals surface area (Å²) in [6.07, 6.45) is 1.43. The summed E-state index contributed by atoms with van der Waals surface area (Å²) in [6, 6.07) is 22.5. The second-order valence-electron chi connectivity index (χ2n) is 8.40. The molecule has 0 amide bonds. The summed E-state index contributed by atoms with van der Waals surface area (Å²) in [5.41, 5.74) is 4.08. The lowest BCUT2D eigenvalue weighted by molar-refractivity contribution is -0.0211. The van der Waals surface area contributed by atoms with E-state index in [0.717, 1.165) is 35.6 Å². The molecule has 0 unspecified atom stereocenters. The SMILES string of the molecule is O=C(c1ccccc1)c1ccc2[nH]c(N3CCC4(CC3)OC(=O)c3ccccc34)nc2c1. The van der Waals surface area contributed by atoms with Crippen LogP contribution in [0.15, 0.2) is 72.8 Å². The highest BCUT2D eigenvalue weighted by Crippen LogP contribution is 2.44. The van der Waals surface area contributed by atoms with E-state index in [4.69, 9.17) is 9.72 Å². The van der Waals surface area contributed by atoms with Gasteiger partial charge in [-0.2, -0.15) is 0 Å². The molecule has 158 valence electrons. The van der Waals surface area contributed by atoms with Crippen molar-refractivity contribution >= 4 is 28.7 Å². The topological polar surface area (TPSA) is 75.3 Å². The van der Waals surface area contributed by atoms with Gasteiger partial charge in [-0.05, 0) is 24.3 Å². The van der Waals surface area contributed by atoms with E-state index in [1.165, 1.54) is 0 Å². The van der Waals surface area contributed by atoms with Gasteiger partial charge in [0.05, 0.1) is 16.6 Å². The highest BCUT2D eigenvalue weighted by atomic mass is 16.6. The normalized spacial score (nSPS) is 16.9. The van der Waals surface area contributed by atoms with Crippen LogP contribution in [0.2, 0.25) is 0 Å². The number of H-pyrrole nitrogens is 1. The highest BCUT2D eigenvalue weighted by Gasteiger charge is 2.47. The fourth-order valence-electron chi connectivity index (χ4n) is 4.84. The van der Waals surface area contributed by atoms with Crippen LogP contribution in [0.3, 0.4) is 0 Å². The van der Waals surface area contributed by atoms with Crippen LogP contribution in [0.1, 0.15) is 44.7 Å². The van der Waals surface area contributed by atoms with E-state index < -0.39 is 5.60 Å². The van der Waals surface area contributed by atoms with E-state index in [2.05, 4.69) is 9.88 Å². The number of aromatic nitrogens is 2. The first kappa shape index (κ1) is 18.8. The lowest BCUT2D eigenvalue weighted by atomic mass is 9.84. The van der Waals surface area contributed by atoms with Gasteiger partial charge in [0.2, 0.25) is 5.95 Å². The number of imidazole rings is 1. The van der Waals surface area contributed by atoms with Crippen LogP contribution in [0.25, 0.3) is 11.0 Å². The van der Waals surface area contributed by atoms with E-state index in [1.807, 2.05) is 72.8 Å². The third kappa shape index (κ3) is 2.91. The van der Waals surface area contributed by atoms with Crippen LogP contribution in [0, 0.1) is 0 Å². The number of ether oxygens (including phenoxy) is 1. The smallest absolute Gasteiger partial charge is 0.339 e. The van der Waals surface area contributed by atoms with Gasteiger partial charge in [0, 0.05) is 42.6 Å². The number of benzene rings is 3. The molecule has 6 heteroatoms. The number of rotatable bonds is 3. The van der Waals surface area contributed by atoms with Gasteiger partial charge in [-0.1, -0.05) is 48.5 Å².